The fourth-order valence-electron chi connectivity index (χ4n) is 2.14. The Hall–Kier alpha value is -0.870. The van der Waals surface area contributed by atoms with E-state index < -0.39 is 10.7 Å². The van der Waals surface area contributed by atoms with E-state index in [1.54, 1.807) is 0 Å². The molecular formula is C12H17NO2S. The molecule has 1 heterocycles. The Morgan fingerprint density at radius 2 is 1.94 bits per heavy atom. The first kappa shape index (κ1) is 11.6. The monoisotopic (exact) mass is 239 g/mol. The summed E-state index contributed by atoms with van der Waals surface area (Å²) in [5.74, 6) is 0.147. The van der Waals surface area contributed by atoms with Gasteiger partial charge in [0.15, 0.2) is 0 Å². The van der Waals surface area contributed by atoms with Gasteiger partial charge in [-0.1, -0.05) is 30.7 Å². The average Bonchev–Trinajstić information content (AvgIpc) is 2.30. The van der Waals surface area contributed by atoms with Crippen LogP contribution < -0.4 is 5.32 Å². The van der Waals surface area contributed by atoms with Gasteiger partial charge in [0.05, 0.1) is 5.75 Å². The molecule has 0 amide bonds. The largest absolute Gasteiger partial charge is 0.310 e. The molecule has 0 saturated carbocycles. The van der Waals surface area contributed by atoms with E-state index in [0.29, 0.717) is 6.04 Å². The fourth-order valence-corrected chi connectivity index (χ4v) is 2.65. The van der Waals surface area contributed by atoms with E-state index in [4.69, 9.17) is 0 Å². The molecule has 88 valence electrons. The van der Waals surface area contributed by atoms with Crippen LogP contribution in [-0.2, 0) is 16.5 Å². The molecule has 0 aromatic heterocycles. The van der Waals surface area contributed by atoms with Gasteiger partial charge < -0.3 is 5.32 Å². The lowest BCUT2D eigenvalue weighted by molar-refractivity contribution is 0.412. The Bertz CT molecular complexity index is 398. The van der Waals surface area contributed by atoms with Gasteiger partial charge in [-0.2, -0.15) is 0 Å². The normalized spacial score (nSPS) is 21.2. The quantitative estimate of drug-likeness (QED) is 0.788. The number of benzene rings is 1. The molecule has 1 aliphatic heterocycles. The number of piperidine rings is 1. The van der Waals surface area contributed by atoms with Gasteiger partial charge in [-0.25, -0.2) is 8.42 Å². The molecule has 3 nitrogen and oxygen atoms in total. The van der Waals surface area contributed by atoms with Crippen molar-refractivity contribution in [3.63, 3.8) is 0 Å². The summed E-state index contributed by atoms with van der Waals surface area (Å²) in [5, 5.41) is 3.48. The third-order valence-corrected chi connectivity index (χ3v) is 3.63. The van der Waals surface area contributed by atoms with Crippen LogP contribution in [-0.4, -0.2) is 15.0 Å². The second kappa shape index (κ2) is 5.46. The van der Waals surface area contributed by atoms with E-state index in [-0.39, 0.29) is 5.75 Å². The minimum absolute atomic E-state index is 0.147. The van der Waals surface area contributed by atoms with Gasteiger partial charge in [0, 0.05) is 6.04 Å². The van der Waals surface area contributed by atoms with Crippen LogP contribution in [0.25, 0.3) is 0 Å². The maximum atomic E-state index is 10.6. The maximum Gasteiger partial charge on any atom is 0.144 e. The molecule has 1 fully saturated rings. The molecular weight excluding hydrogens is 222 g/mol. The van der Waals surface area contributed by atoms with Crippen LogP contribution in [0.3, 0.4) is 0 Å². The van der Waals surface area contributed by atoms with E-state index in [2.05, 4.69) is 5.32 Å². The van der Waals surface area contributed by atoms with Crippen molar-refractivity contribution in [1.29, 1.82) is 0 Å². The predicted molar refractivity (Wildman–Crippen MR) is 65.1 cm³/mol. The molecule has 1 aromatic carbocycles. The van der Waals surface area contributed by atoms with Crippen molar-refractivity contribution in [3.05, 3.63) is 35.4 Å². The minimum atomic E-state index is -2.32. The van der Waals surface area contributed by atoms with E-state index in [1.165, 1.54) is 24.8 Å². The van der Waals surface area contributed by atoms with Gasteiger partial charge in [-0.15, -0.1) is 0 Å². The molecule has 2 rings (SSSR count). The van der Waals surface area contributed by atoms with E-state index in [0.717, 1.165) is 12.1 Å². The lowest BCUT2D eigenvalue weighted by atomic mass is 9.97. The summed E-state index contributed by atoms with van der Waals surface area (Å²) in [6, 6.07) is 8.35. The van der Waals surface area contributed by atoms with Crippen LogP contribution >= 0.6 is 0 Å². The summed E-state index contributed by atoms with van der Waals surface area (Å²) in [6.45, 7) is 1.08. The molecule has 0 bridgehead atoms. The van der Waals surface area contributed by atoms with Crippen LogP contribution in [0, 0.1) is 0 Å². The Balaban J connectivity index is 2.05. The molecule has 1 N–H and O–H groups in total. The lowest BCUT2D eigenvalue weighted by Crippen LogP contribution is -2.26. The van der Waals surface area contributed by atoms with Crippen molar-refractivity contribution in [2.24, 2.45) is 0 Å². The van der Waals surface area contributed by atoms with Crippen LogP contribution in [0.15, 0.2) is 24.3 Å². The van der Waals surface area contributed by atoms with E-state index in [9.17, 15) is 8.42 Å². The smallest absolute Gasteiger partial charge is 0.144 e. The SMILES string of the molecule is O=[SH](=O)Cc1ccc(C2CCCCN2)cc1. The number of hydrogen-bond donors (Lipinski definition) is 2. The molecule has 0 radical (unpaired) electrons. The molecule has 1 unspecified atom stereocenters. The van der Waals surface area contributed by atoms with Crippen molar-refractivity contribution in [3.8, 4) is 0 Å². The molecule has 1 aromatic rings. The van der Waals surface area contributed by atoms with Crippen molar-refractivity contribution in [1.82, 2.24) is 5.32 Å². The summed E-state index contributed by atoms with van der Waals surface area (Å²) in [6.07, 6.45) is 3.70. The highest BCUT2D eigenvalue weighted by atomic mass is 32.2. The molecule has 0 spiro atoms. The third-order valence-electron chi connectivity index (χ3n) is 3.00. The fraction of sp³-hybridized carbons (Fsp3) is 0.500. The first-order chi connectivity index (χ1) is 7.75. The van der Waals surface area contributed by atoms with E-state index in [1.807, 2.05) is 24.3 Å². The predicted octanol–water partition coefficient (Wildman–Crippen LogP) is 1.61. The molecule has 1 saturated heterocycles. The average molecular weight is 239 g/mol. The number of hydrogen-bond acceptors (Lipinski definition) is 3. The highest BCUT2D eigenvalue weighted by Gasteiger charge is 2.13. The Morgan fingerprint density at radius 1 is 1.19 bits per heavy atom. The zero-order chi connectivity index (χ0) is 11.4. The van der Waals surface area contributed by atoms with Crippen molar-refractivity contribution in [2.45, 2.75) is 31.1 Å². The van der Waals surface area contributed by atoms with Crippen LogP contribution in [0.2, 0.25) is 0 Å². The Kier molecular flexibility index (Phi) is 3.96. The van der Waals surface area contributed by atoms with Crippen LogP contribution in [0.4, 0.5) is 0 Å². The molecule has 16 heavy (non-hydrogen) atoms. The van der Waals surface area contributed by atoms with Gasteiger partial charge >= 0.3 is 0 Å². The van der Waals surface area contributed by atoms with Gasteiger partial charge in [0.2, 0.25) is 0 Å². The minimum Gasteiger partial charge on any atom is -0.310 e. The summed E-state index contributed by atoms with van der Waals surface area (Å²) in [7, 11) is -2.32. The summed E-state index contributed by atoms with van der Waals surface area (Å²) in [5.41, 5.74) is 2.14. The first-order valence-corrected chi connectivity index (χ1v) is 7.06. The van der Waals surface area contributed by atoms with Crippen LogP contribution in [0.1, 0.15) is 36.4 Å². The zero-order valence-corrected chi connectivity index (χ0v) is 10.1. The second-order valence-electron chi connectivity index (χ2n) is 4.23. The number of nitrogens with one attached hydrogen (secondary N) is 1. The van der Waals surface area contributed by atoms with Crippen molar-refractivity contribution >= 4 is 10.7 Å². The zero-order valence-electron chi connectivity index (χ0n) is 9.19. The first-order valence-electron chi connectivity index (χ1n) is 5.70. The van der Waals surface area contributed by atoms with Gasteiger partial charge in [0.1, 0.15) is 10.7 Å². The maximum absolute atomic E-state index is 10.6. The van der Waals surface area contributed by atoms with E-state index >= 15 is 0 Å². The topological polar surface area (TPSA) is 46.2 Å². The lowest BCUT2D eigenvalue weighted by Gasteiger charge is -2.23. The molecule has 1 atom stereocenters. The molecule has 4 heteroatoms. The van der Waals surface area contributed by atoms with Gasteiger partial charge in [-0.3, -0.25) is 0 Å². The van der Waals surface area contributed by atoms with Crippen molar-refractivity contribution in [2.75, 3.05) is 6.54 Å². The van der Waals surface area contributed by atoms with Crippen LogP contribution in [0.5, 0.6) is 0 Å². The Labute approximate surface area is 97.8 Å². The molecule has 1 aliphatic rings. The van der Waals surface area contributed by atoms with Crippen molar-refractivity contribution < 1.29 is 8.42 Å². The standard InChI is InChI=1S/C12H17NO2S/c14-16(15)9-10-4-6-11(7-5-10)12-3-1-2-8-13-12/h4-7,12-13,16H,1-3,8-9H2. The highest BCUT2D eigenvalue weighted by molar-refractivity contribution is 7.71. The number of thiol groups is 1. The van der Waals surface area contributed by atoms with Gasteiger partial charge in [-0.05, 0) is 30.5 Å². The summed E-state index contributed by atoms with van der Waals surface area (Å²) >= 11 is 0. The molecule has 0 aliphatic carbocycles. The van der Waals surface area contributed by atoms with Gasteiger partial charge in [0.25, 0.3) is 0 Å². The second-order valence-corrected chi connectivity index (χ2v) is 5.22. The summed E-state index contributed by atoms with van der Waals surface area (Å²) < 4.78 is 21.2. The number of rotatable bonds is 3. The third kappa shape index (κ3) is 3.06. The Morgan fingerprint density at radius 3 is 2.50 bits per heavy atom. The highest BCUT2D eigenvalue weighted by Crippen LogP contribution is 2.23. The summed E-state index contributed by atoms with van der Waals surface area (Å²) in [4.78, 5) is 0.